The van der Waals surface area contributed by atoms with Crippen LogP contribution in [0.5, 0.6) is 0 Å². The number of hydrogen-bond donors (Lipinski definition) is 1. The molecule has 88 valence electrons. The minimum atomic E-state index is -2.25. The third-order valence-electron chi connectivity index (χ3n) is 3.14. The monoisotopic (exact) mass is 225 g/mol. The average molecular weight is 225 g/mol. The van der Waals surface area contributed by atoms with Gasteiger partial charge in [0.25, 0.3) is 0 Å². The smallest absolute Gasteiger partial charge is 0.242 e. The molecule has 2 rings (SSSR count). The number of piperidine rings is 1. The van der Waals surface area contributed by atoms with Crippen molar-refractivity contribution in [1.82, 2.24) is 5.32 Å². The van der Waals surface area contributed by atoms with Gasteiger partial charge in [-0.15, -0.1) is 0 Å². The van der Waals surface area contributed by atoms with Crippen LogP contribution >= 0.6 is 0 Å². The molecule has 1 nitrogen and oxygen atoms in total. The zero-order valence-electron chi connectivity index (χ0n) is 9.26. The second-order valence-corrected chi connectivity index (χ2v) is 4.38. The molecule has 0 saturated carbocycles. The Balaban J connectivity index is 2.00. The van der Waals surface area contributed by atoms with Crippen molar-refractivity contribution in [3.05, 3.63) is 35.4 Å². The number of alkyl halides is 2. The van der Waals surface area contributed by atoms with Gasteiger partial charge in [0.1, 0.15) is 0 Å². The lowest BCUT2D eigenvalue weighted by Crippen LogP contribution is -2.28. The molecule has 0 amide bonds. The summed E-state index contributed by atoms with van der Waals surface area (Å²) in [6.07, 6.45) is 0.00981. The van der Waals surface area contributed by atoms with E-state index in [1.165, 1.54) is 18.4 Å². The maximum atomic E-state index is 12.2. The molecule has 1 N–H and O–H groups in total. The molecular formula is C13H17F2N. The topological polar surface area (TPSA) is 12.0 Å². The highest BCUT2D eigenvalue weighted by atomic mass is 19.3. The molecule has 1 saturated heterocycles. The Morgan fingerprint density at radius 1 is 1.25 bits per heavy atom. The predicted molar refractivity (Wildman–Crippen MR) is 61.0 cm³/mol. The van der Waals surface area contributed by atoms with E-state index in [1.807, 2.05) is 24.3 Å². The first-order valence-corrected chi connectivity index (χ1v) is 5.83. The minimum absolute atomic E-state index is 0.136. The van der Waals surface area contributed by atoms with Crippen LogP contribution in [0.25, 0.3) is 0 Å². The standard InChI is InChI=1S/C13H17F2N/c14-13(15)8-10-3-5-11(6-4-10)12-2-1-7-16-9-12/h3-6,12-13,16H,1-2,7-9H2. The molecule has 0 radical (unpaired) electrons. The van der Waals surface area contributed by atoms with E-state index in [4.69, 9.17) is 0 Å². The van der Waals surface area contributed by atoms with E-state index in [-0.39, 0.29) is 6.42 Å². The molecule has 1 aromatic rings. The molecule has 16 heavy (non-hydrogen) atoms. The fraction of sp³-hybridized carbons (Fsp3) is 0.538. The molecule has 1 fully saturated rings. The zero-order chi connectivity index (χ0) is 11.4. The van der Waals surface area contributed by atoms with Crippen molar-refractivity contribution in [2.75, 3.05) is 13.1 Å². The van der Waals surface area contributed by atoms with Gasteiger partial charge < -0.3 is 5.32 Å². The summed E-state index contributed by atoms with van der Waals surface area (Å²) in [5, 5.41) is 3.36. The van der Waals surface area contributed by atoms with E-state index in [0.29, 0.717) is 5.92 Å². The first kappa shape index (κ1) is 11.5. The van der Waals surface area contributed by atoms with Gasteiger partial charge in [0.15, 0.2) is 0 Å². The lowest BCUT2D eigenvalue weighted by Gasteiger charge is -2.23. The number of rotatable bonds is 3. The number of hydrogen-bond acceptors (Lipinski definition) is 1. The molecule has 1 atom stereocenters. The largest absolute Gasteiger partial charge is 0.316 e. The van der Waals surface area contributed by atoms with Crippen molar-refractivity contribution < 1.29 is 8.78 Å². The van der Waals surface area contributed by atoms with Gasteiger partial charge in [-0.3, -0.25) is 0 Å². The molecule has 1 aliphatic rings. The molecule has 0 bridgehead atoms. The van der Waals surface area contributed by atoms with E-state index in [0.717, 1.165) is 18.7 Å². The highest BCUT2D eigenvalue weighted by Crippen LogP contribution is 2.23. The Morgan fingerprint density at radius 2 is 2.00 bits per heavy atom. The van der Waals surface area contributed by atoms with E-state index in [2.05, 4.69) is 5.32 Å². The van der Waals surface area contributed by atoms with Crippen molar-refractivity contribution in [3.63, 3.8) is 0 Å². The van der Waals surface area contributed by atoms with E-state index >= 15 is 0 Å². The summed E-state index contributed by atoms with van der Waals surface area (Å²) in [4.78, 5) is 0. The molecule has 1 unspecified atom stereocenters. The van der Waals surface area contributed by atoms with E-state index in [1.54, 1.807) is 0 Å². The molecule has 3 heteroatoms. The average Bonchev–Trinajstić information content (AvgIpc) is 2.30. The first-order chi connectivity index (χ1) is 7.75. The zero-order valence-corrected chi connectivity index (χ0v) is 9.26. The molecule has 0 spiro atoms. The minimum Gasteiger partial charge on any atom is -0.316 e. The van der Waals surface area contributed by atoms with Crippen molar-refractivity contribution in [2.45, 2.75) is 31.6 Å². The van der Waals surface area contributed by atoms with Gasteiger partial charge in [-0.2, -0.15) is 0 Å². The Labute approximate surface area is 94.9 Å². The van der Waals surface area contributed by atoms with Gasteiger partial charge in [-0.25, -0.2) is 8.78 Å². The summed E-state index contributed by atoms with van der Waals surface area (Å²) in [6, 6.07) is 7.65. The second kappa shape index (κ2) is 5.39. The first-order valence-electron chi connectivity index (χ1n) is 5.83. The lowest BCUT2D eigenvalue weighted by atomic mass is 9.91. The van der Waals surface area contributed by atoms with Gasteiger partial charge in [0, 0.05) is 13.0 Å². The van der Waals surface area contributed by atoms with E-state index < -0.39 is 6.43 Å². The summed E-state index contributed by atoms with van der Waals surface area (Å²) in [7, 11) is 0. The van der Waals surface area contributed by atoms with Gasteiger partial charge in [-0.1, -0.05) is 24.3 Å². The van der Waals surface area contributed by atoms with Crippen LogP contribution in [-0.2, 0) is 6.42 Å². The lowest BCUT2D eigenvalue weighted by molar-refractivity contribution is 0.149. The van der Waals surface area contributed by atoms with Crippen LogP contribution in [-0.4, -0.2) is 19.5 Å². The highest BCUT2D eigenvalue weighted by Gasteiger charge is 2.14. The number of benzene rings is 1. The summed E-state index contributed by atoms with van der Waals surface area (Å²) in [5.74, 6) is 0.550. The van der Waals surface area contributed by atoms with Crippen molar-refractivity contribution >= 4 is 0 Å². The predicted octanol–water partition coefficient (Wildman–Crippen LogP) is 2.96. The maximum absolute atomic E-state index is 12.2. The normalized spacial score (nSPS) is 21.3. The summed E-state index contributed by atoms with van der Waals surface area (Å²) < 4.78 is 24.3. The Bertz CT molecular complexity index is 315. The molecular weight excluding hydrogens is 208 g/mol. The fourth-order valence-electron chi connectivity index (χ4n) is 2.24. The molecule has 0 aliphatic carbocycles. The number of halogens is 2. The van der Waals surface area contributed by atoms with Crippen molar-refractivity contribution in [3.8, 4) is 0 Å². The molecule has 1 aliphatic heterocycles. The van der Waals surface area contributed by atoms with Gasteiger partial charge >= 0.3 is 0 Å². The molecule has 1 aromatic carbocycles. The molecule has 1 heterocycles. The van der Waals surface area contributed by atoms with Crippen molar-refractivity contribution in [1.29, 1.82) is 0 Å². The van der Waals surface area contributed by atoms with Gasteiger partial charge in [0.05, 0.1) is 0 Å². The summed E-state index contributed by atoms with van der Waals surface area (Å²) >= 11 is 0. The Morgan fingerprint density at radius 3 is 2.56 bits per heavy atom. The van der Waals surface area contributed by atoms with E-state index in [9.17, 15) is 8.78 Å². The van der Waals surface area contributed by atoms with Crippen LogP contribution in [0.1, 0.15) is 29.9 Å². The van der Waals surface area contributed by atoms with Gasteiger partial charge in [0.2, 0.25) is 6.43 Å². The SMILES string of the molecule is FC(F)Cc1ccc(C2CCCNC2)cc1. The van der Waals surface area contributed by atoms with Crippen molar-refractivity contribution in [2.24, 2.45) is 0 Å². The molecule has 0 aromatic heterocycles. The third kappa shape index (κ3) is 3.01. The third-order valence-corrected chi connectivity index (χ3v) is 3.14. The summed E-state index contributed by atoms with van der Waals surface area (Å²) in [5.41, 5.74) is 1.99. The fourth-order valence-corrected chi connectivity index (χ4v) is 2.24. The van der Waals surface area contributed by atoms with Crippen LogP contribution in [0, 0.1) is 0 Å². The quantitative estimate of drug-likeness (QED) is 0.834. The highest BCUT2D eigenvalue weighted by molar-refractivity contribution is 5.26. The van der Waals surface area contributed by atoms with Gasteiger partial charge in [-0.05, 0) is 36.4 Å². The van der Waals surface area contributed by atoms with Crippen LogP contribution < -0.4 is 5.32 Å². The van der Waals surface area contributed by atoms with Crippen LogP contribution in [0.15, 0.2) is 24.3 Å². The number of nitrogens with one attached hydrogen (secondary N) is 1. The Hall–Kier alpha value is -0.960. The van der Waals surface area contributed by atoms with Crippen LogP contribution in [0.3, 0.4) is 0 Å². The Kier molecular flexibility index (Phi) is 3.88. The maximum Gasteiger partial charge on any atom is 0.242 e. The van der Waals surface area contributed by atoms with Crippen LogP contribution in [0.4, 0.5) is 8.78 Å². The summed E-state index contributed by atoms with van der Waals surface area (Å²) in [6.45, 7) is 2.11. The van der Waals surface area contributed by atoms with Crippen LogP contribution in [0.2, 0.25) is 0 Å². The second-order valence-electron chi connectivity index (χ2n) is 4.38.